The van der Waals surface area contributed by atoms with Crippen LogP contribution in [0, 0.1) is 0 Å². The molecule has 0 N–H and O–H groups in total. The Balaban J connectivity index is 0. The fraction of sp³-hybridized carbons (Fsp3) is 0. The summed E-state index contributed by atoms with van der Waals surface area (Å²) in [4.78, 5) is 9.30. The first-order chi connectivity index (χ1) is 2.91. The molecule has 35 valence electrons. The number of hydrogen-bond donors (Lipinski definition) is 0. The Hall–Kier alpha value is 0.254. The van der Waals surface area contributed by atoms with E-state index in [9.17, 15) is 4.79 Å². The van der Waals surface area contributed by atoms with Gasteiger partial charge in [0.2, 0.25) is 0 Å². The first-order valence-electron chi connectivity index (χ1n) is 1.57. The standard InChI is InChI=1S/C5H5O.Y/c1-2-3-4-5-6;/h2-4H,1H2;/q-1;/b4-3+;. The van der Waals surface area contributed by atoms with Crippen LogP contribution in [0.3, 0.4) is 0 Å². The summed E-state index contributed by atoms with van der Waals surface area (Å²) < 4.78 is 0. The van der Waals surface area contributed by atoms with Gasteiger partial charge in [-0.3, -0.25) is 0 Å². The normalized spacial score (nSPS) is 7.43. The summed E-state index contributed by atoms with van der Waals surface area (Å²) in [7, 11) is 0. The Morgan fingerprint density at radius 2 is 2.14 bits per heavy atom. The molecule has 0 aliphatic rings. The molecule has 0 saturated heterocycles. The molecule has 0 aromatic carbocycles. The van der Waals surface area contributed by atoms with Gasteiger partial charge in [0.25, 0.3) is 0 Å². The van der Waals surface area contributed by atoms with E-state index in [1.165, 1.54) is 18.2 Å². The number of rotatable bonds is 2. The Kier molecular flexibility index (Phi) is 14.0. The van der Waals surface area contributed by atoms with Crippen molar-refractivity contribution in [1.82, 2.24) is 0 Å². The summed E-state index contributed by atoms with van der Waals surface area (Å²) >= 11 is 0. The van der Waals surface area contributed by atoms with Crippen molar-refractivity contribution in [3.63, 3.8) is 0 Å². The average Bonchev–Trinajstić information content (AvgIpc) is 1.61. The molecule has 1 radical (unpaired) electrons. The van der Waals surface area contributed by atoms with Gasteiger partial charge in [0.1, 0.15) is 0 Å². The van der Waals surface area contributed by atoms with Crippen molar-refractivity contribution in [2.45, 2.75) is 0 Å². The van der Waals surface area contributed by atoms with Crippen molar-refractivity contribution in [3.8, 4) is 0 Å². The molecule has 0 atom stereocenters. The second-order valence-electron chi connectivity index (χ2n) is 0.713. The summed E-state index contributed by atoms with van der Waals surface area (Å²) in [6.07, 6.45) is 5.86. The van der Waals surface area contributed by atoms with Crippen molar-refractivity contribution in [1.29, 1.82) is 0 Å². The zero-order chi connectivity index (χ0) is 4.83. The summed E-state index contributed by atoms with van der Waals surface area (Å²) in [5.74, 6) is 0. The van der Waals surface area contributed by atoms with E-state index < -0.39 is 0 Å². The van der Waals surface area contributed by atoms with E-state index in [4.69, 9.17) is 0 Å². The Labute approximate surface area is 68.4 Å². The Bertz CT molecular complexity index is 66.1. The predicted molar refractivity (Wildman–Crippen MR) is 25.0 cm³/mol. The van der Waals surface area contributed by atoms with Crippen LogP contribution in [-0.4, -0.2) is 6.29 Å². The molecule has 0 unspecified atom stereocenters. The van der Waals surface area contributed by atoms with Crippen LogP contribution in [-0.2, 0) is 37.5 Å². The Morgan fingerprint density at radius 1 is 1.57 bits per heavy atom. The van der Waals surface area contributed by atoms with Gasteiger partial charge in [0.05, 0.1) is 0 Å². The number of allylic oxidation sites excluding steroid dienone is 3. The first kappa shape index (κ1) is 10.3. The average molecular weight is 170 g/mol. The summed E-state index contributed by atoms with van der Waals surface area (Å²) in [6, 6.07) is 0. The smallest absolute Gasteiger partial charge is 0 e. The molecular weight excluding hydrogens is 165 g/mol. The molecule has 0 heterocycles. The van der Waals surface area contributed by atoms with Gasteiger partial charge in [-0.2, -0.15) is 12.2 Å². The van der Waals surface area contributed by atoms with E-state index in [1.54, 1.807) is 6.29 Å². The Morgan fingerprint density at radius 3 is 2.29 bits per heavy atom. The van der Waals surface area contributed by atoms with E-state index >= 15 is 0 Å². The van der Waals surface area contributed by atoms with Crippen LogP contribution in [0.15, 0.2) is 24.8 Å². The molecule has 0 amide bonds. The zero-order valence-electron chi connectivity index (χ0n) is 3.92. The largest absolute Gasteiger partial charge is 0.419 e. The van der Waals surface area contributed by atoms with E-state index in [0.717, 1.165) is 0 Å². The molecule has 1 nitrogen and oxygen atoms in total. The predicted octanol–water partition coefficient (Wildman–Crippen LogP) is 0.836. The molecule has 0 aromatic heterocycles. The number of hydrogen-bond acceptors (Lipinski definition) is 1. The second kappa shape index (κ2) is 9.54. The van der Waals surface area contributed by atoms with Crippen molar-refractivity contribution in [3.05, 3.63) is 24.8 Å². The van der Waals surface area contributed by atoms with Gasteiger partial charge in [-0.25, -0.2) is 6.08 Å². The molecule has 2 heteroatoms. The third-order valence-electron chi connectivity index (χ3n) is 0.300. The van der Waals surface area contributed by atoms with Crippen molar-refractivity contribution >= 4 is 6.29 Å². The van der Waals surface area contributed by atoms with Gasteiger partial charge in [-0.15, -0.1) is 6.58 Å². The third-order valence-corrected chi connectivity index (χ3v) is 0.300. The van der Waals surface area contributed by atoms with E-state index in [1.807, 2.05) is 0 Å². The van der Waals surface area contributed by atoms with E-state index in [2.05, 4.69) is 6.58 Å². The van der Waals surface area contributed by atoms with Gasteiger partial charge in [0, 0.05) is 32.7 Å². The summed E-state index contributed by atoms with van der Waals surface area (Å²) in [5, 5.41) is 0. The minimum atomic E-state index is 0. The van der Waals surface area contributed by atoms with Gasteiger partial charge in [-0.05, 0) is 6.29 Å². The molecule has 0 aromatic rings. The van der Waals surface area contributed by atoms with Gasteiger partial charge >= 0.3 is 0 Å². The minimum absolute atomic E-state index is 0. The number of carbonyl (C=O) groups excluding carboxylic acids is 1. The third kappa shape index (κ3) is 10.7. The molecule has 0 aliphatic carbocycles. The van der Waals surface area contributed by atoms with Crippen LogP contribution >= 0.6 is 0 Å². The molecule has 0 fully saturated rings. The topological polar surface area (TPSA) is 17.1 Å². The van der Waals surface area contributed by atoms with Crippen molar-refractivity contribution < 1.29 is 37.5 Å². The molecule has 0 rings (SSSR count). The molecule has 0 bridgehead atoms. The van der Waals surface area contributed by atoms with Crippen LogP contribution in [0.1, 0.15) is 0 Å². The SMILES string of the molecule is C=C/C=C/[C-]=O.[Y]. The van der Waals surface area contributed by atoms with Crippen LogP contribution in [0.5, 0.6) is 0 Å². The zero-order valence-corrected chi connectivity index (χ0v) is 6.76. The van der Waals surface area contributed by atoms with Crippen LogP contribution in [0.4, 0.5) is 0 Å². The van der Waals surface area contributed by atoms with Gasteiger partial charge in [-0.1, -0.05) is 0 Å². The molecule has 0 saturated carbocycles. The van der Waals surface area contributed by atoms with Crippen molar-refractivity contribution in [2.75, 3.05) is 0 Å². The maximum absolute atomic E-state index is 9.30. The maximum Gasteiger partial charge on any atom is 0 e. The second-order valence-corrected chi connectivity index (χ2v) is 0.713. The van der Waals surface area contributed by atoms with Crippen molar-refractivity contribution in [2.24, 2.45) is 0 Å². The fourth-order valence-corrected chi connectivity index (χ4v) is 0.107. The van der Waals surface area contributed by atoms with E-state index in [-0.39, 0.29) is 32.7 Å². The molecule has 0 aliphatic heterocycles. The van der Waals surface area contributed by atoms with E-state index in [0.29, 0.717) is 0 Å². The van der Waals surface area contributed by atoms with Crippen LogP contribution < -0.4 is 0 Å². The quantitative estimate of drug-likeness (QED) is 0.341. The van der Waals surface area contributed by atoms with Crippen LogP contribution in [0.2, 0.25) is 0 Å². The monoisotopic (exact) mass is 170 g/mol. The molecule has 0 spiro atoms. The maximum atomic E-state index is 9.30. The van der Waals surface area contributed by atoms with Gasteiger partial charge < -0.3 is 4.79 Å². The summed E-state index contributed by atoms with van der Waals surface area (Å²) in [5.41, 5.74) is 0. The first-order valence-corrected chi connectivity index (χ1v) is 1.57. The fourth-order valence-electron chi connectivity index (χ4n) is 0.107. The molecular formula is C5H5OY-. The minimum Gasteiger partial charge on any atom is -0.419 e. The van der Waals surface area contributed by atoms with Gasteiger partial charge in [0.15, 0.2) is 0 Å². The van der Waals surface area contributed by atoms with Crippen LogP contribution in [0.25, 0.3) is 0 Å². The molecule has 7 heavy (non-hydrogen) atoms. The summed E-state index contributed by atoms with van der Waals surface area (Å²) in [6.45, 7) is 3.33.